The summed E-state index contributed by atoms with van der Waals surface area (Å²) in [5.41, 5.74) is -0.539. The van der Waals surface area contributed by atoms with Crippen molar-refractivity contribution in [1.29, 1.82) is 0 Å². The monoisotopic (exact) mass is 284 g/mol. The molecule has 2 atom stereocenters. The molecule has 118 valence electrons. The van der Waals surface area contributed by atoms with Crippen molar-refractivity contribution >= 4 is 5.97 Å². The number of nitrogens with one attached hydrogen (secondary N) is 1. The van der Waals surface area contributed by atoms with E-state index in [-0.39, 0.29) is 12.0 Å². The van der Waals surface area contributed by atoms with Crippen molar-refractivity contribution in [1.82, 2.24) is 10.2 Å². The summed E-state index contributed by atoms with van der Waals surface area (Å²) in [6.07, 6.45) is 3.32. The number of carbonyl (C=O) groups excluding carboxylic acids is 1. The lowest BCUT2D eigenvalue weighted by Gasteiger charge is -2.39. The highest BCUT2D eigenvalue weighted by Crippen LogP contribution is 2.41. The van der Waals surface area contributed by atoms with Gasteiger partial charge in [-0.2, -0.15) is 0 Å². The maximum absolute atomic E-state index is 12.6. The van der Waals surface area contributed by atoms with E-state index in [1.165, 1.54) is 0 Å². The molecule has 0 radical (unpaired) electrons. The molecule has 1 aliphatic rings. The minimum Gasteiger partial charge on any atom is -0.465 e. The van der Waals surface area contributed by atoms with Crippen LogP contribution in [0.2, 0.25) is 0 Å². The van der Waals surface area contributed by atoms with Gasteiger partial charge in [0.2, 0.25) is 0 Å². The number of carbonyl (C=O) groups is 1. The summed E-state index contributed by atoms with van der Waals surface area (Å²) in [7, 11) is 2.10. The zero-order chi connectivity index (χ0) is 15.3. The first kappa shape index (κ1) is 17.4. The molecule has 1 saturated carbocycles. The minimum atomic E-state index is -0.539. The molecule has 2 unspecified atom stereocenters. The number of ether oxygens (including phenoxy) is 1. The number of rotatable bonds is 9. The summed E-state index contributed by atoms with van der Waals surface area (Å²) in [4.78, 5) is 14.9. The molecule has 0 amide bonds. The fourth-order valence-corrected chi connectivity index (χ4v) is 2.79. The maximum Gasteiger partial charge on any atom is 0.327 e. The van der Waals surface area contributed by atoms with Gasteiger partial charge in [-0.15, -0.1) is 0 Å². The largest absolute Gasteiger partial charge is 0.465 e. The molecule has 0 aromatic rings. The second-order valence-corrected chi connectivity index (χ2v) is 6.44. The molecule has 1 aliphatic carbocycles. The van der Waals surface area contributed by atoms with Crippen LogP contribution in [0.25, 0.3) is 0 Å². The van der Waals surface area contributed by atoms with Crippen LogP contribution in [0.4, 0.5) is 0 Å². The van der Waals surface area contributed by atoms with Crippen LogP contribution < -0.4 is 5.32 Å². The summed E-state index contributed by atoms with van der Waals surface area (Å²) in [6.45, 7) is 11.6. The smallest absolute Gasteiger partial charge is 0.327 e. The quantitative estimate of drug-likeness (QED) is 0.660. The molecule has 20 heavy (non-hydrogen) atoms. The van der Waals surface area contributed by atoms with Gasteiger partial charge in [0.05, 0.1) is 6.61 Å². The van der Waals surface area contributed by atoms with Gasteiger partial charge in [0, 0.05) is 18.6 Å². The molecular formula is C16H32N2O2. The Morgan fingerprint density at radius 2 is 1.95 bits per heavy atom. The highest BCUT2D eigenvalue weighted by Gasteiger charge is 2.53. The topological polar surface area (TPSA) is 41.6 Å². The molecule has 0 spiro atoms. The van der Waals surface area contributed by atoms with Crippen LogP contribution in [-0.4, -0.2) is 48.7 Å². The number of nitrogens with zero attached hydrogens (tertiary/aromatic N) is 1. The molecule has 4 heteroatoms. The minimum absolute atomic E-state index is 0.0775. The van der Waals surface area contributed by atoms with Crippen molar-refractivity contribution in [3.63, 3.8) is 0 Å². The molecular weight excluding hydrogens is 252 g/mol. The van der Waals surface area contributed by atoms with Crippen molar-refractivity contribution in [2.45, 2.75) is 71.5 Å². The molecule has 0 aromatic heterocycles. The lowest BCUT2D eigenvalue weighted by atomic mass is 9.90. The van der Waals surface area contributed by atoms with Crippen molar-refractivity contribution in [2.75, 3.05) is 20.2 Å². The second-order valence-electron chi connectivity index (χ2n) is 6.44. The SMILES string of the molecule is CCOC(=O)C(CN(C)C(C)CC)(NC(C)C)C1CC1. The van der Waals surface area contributed by atoms with Crippen molar-refractivity contribution < 1.29 is 9.53 Å². The predicted molar refractivity (Wildman–Crippen MR) is 82.7 cm³/mol. The third-order valence-electron chi connectivity index (χ3n) is 4.30. The van der Waals surface area contributed by atoms with E-state index >= 15 is 0 Å². The zero-order valence-corrected chi connectivity index (χ0v) is 14.0. The van der Waals surface area contributed by atoms with E-state index in [9.17, 15) is 4.79 Å². The number of esters is 1. The average Bonchev–Trinajstić information content (AvgIpc) is 3.20. The molecule has 1 N–H and O–H groups in total. The molecule has 0 aliphatic heterocycles. The zero-order valence-electron chi connectivity index (χ0n) is 14.0. The Labute approximate surface area is 124 Å². The summed E-state index contributed by atoms with van der Waals surface area (Å²) in [6, 6.07) is 0.738. The molecule has 0 bridgehead atoms. The second kappa shape index (κ2) is 7.41. The van der Waals surface area contributed by atoms with Crippen molar-refractivity contribution in [2.24, 2.45) is 5.92 Å². The van der Waals surface area contributed by atoms with Crippen molar-refractivity contribution in [3.8, 4) is 0 Å². The molecule has 1 rings (SSSR count). The van der Waals surface area contributed by atoms with Crippen LogP contribution in [0.15, 0.2) is 0 Å². The number of likely N-dealkylation sites (N-methyl/N-ethyl adjacent to an activating group) is 1. The summed E-state index contributed by atoms with van der Waals surface area (Å²) in [5, 5.41) is 3.53. The number of hydrogen-bond acceptors (Lipinski definition) is 4. The van der Waals surface area contributed by atoms with Gasteiger partial charge >= 0.3 is 5.97 Å². The summed E-state index contributed by atoms with van der Waals surface area (Å²) >= 11 is 0. The lowest BCUT2D eigenvalue weighted by Crippen LogP contribution is -2.63. The Balaban J connectivity index is 2.93. The molecule has 0 heterocycles. The highest BCUT2D eigenvalue weighted by molar-refractivity contribution is 5.82. The number of hydrogen-bond donors (Lipinski definition) is 1. The molecule has 0 saturated heterocycles. The normalized spacial score (nSPS) is 20.0. The van der Waals surface area contributed by atoms with Crippen molar-refractivity contribution in [3.05, 3.63) is 0 Å². The highest BCUT2D eigenvalue weighted by atomic mass is 16.5. The summed E-state index contributed by atoms with van der Waals surface area (Å²) in [5.74, 6) is 0.335. The molecule has 0 aromatic carbocycles. The van der Waals surface area contributed by atoms with Gasteiger partial charge in [-0.05, 0) is 59.9 Å². The third kappa shape index (κ3) is 4.19. The van der Waals surface area contributed by atoms with E-state index in [1.54, 1.807) is 0 Å². The van der Waals surface area contributed by atoms with Crippen LogP contribution >= 0.6 is 0 Å². The fourth-order valence-electron chi connectivity index (χ4n) is 2.79. The Morgan fingerprint density at radius 1 is 1.35 bits per heavy atom. The molecule has 1 fully saturated rings. The fraction of sp³-hybridized carbons (Fsp3) is 0.938. The first-order valence-corrected chi connectivity index (χ1v) is 8.02. The van der Waals surface area contributed by atoms with Gasteiger partial charge in [-0.25, -0.2) is 4.79 Å². The van der Waals surface area contributed by atoms with E-state index in [1.807, 2.05) is 6.92 Å². The van der Waals surface area contributed by atoms with E-state index in [0.717, 1.165) is 25.8 Å². The van der Waals surface area contributed by atoms with Crippen LogP contribution in [-0.2, 0) is 9.53 Å². The van der Waals surface area contributed by atoms with Gasteiger partial charge in [0.25, 0.3) is 0 Å². The Bertz CT molecular complexity index is 316. The van der Waals surface area contributed by atoms with Gasteiger partial charge in [0.1, 0.15) is 5.54 Å². The third-order valence-corrected chi connectivity index (χ3v) is 4.30. The predicted octanol–water partition coefficient (Wildman–Crippen LogP) is 2.43. The van der Waals surface area contributed by atoms with Crippen LogP contribution in [0, 0.1) is 5.92 Å². The Hall–Kier alpha value is -0.610. The lowest BCUT2D eigenvalue weighted by molar-refractivity contribution is -0.154. The van der Waals surface area contributed by atoms with E-state index in [4.69, 9.17) is 4.74 Å². The van der Waals surface area contributed by atoms with Gasteiger partial charge < -0.3 is 9.64 Å². The first-order chi connectivity index (χ1) is 9.37. The van der Waals surface area contributed by atoms with Gasteiger partial charge in [-0.3, -0.25) is 5.32 Å². The van der Waals surface area contributed by atoms with Crippen LogP contribution in [0.1, 0.15) is 53.9 Å². The van der Waals surface area contributed by atoms with E-state index in [2.05, 4.69) is 45.0 Å². The van der Waals surface area contributed by atoms with Gasteiger partial charge in [0.15, 0.2) is 0 Å². The Kier molecular flexibility index (Phi) is 6.46. The van der Waals surface area contributed by atoms with Gasteiger partial charge in [-0.1, -0.05) is 6.92 Å². The average molecular weight is 284 g/mol. The standard InChI is InChI=1S/C16H32N2O2/c1-7-13(5)18(6)11-16(14-9-10-14,17-12(3)4)15(19)20-8-2/h12-14,17H,7-11H2,1-6H3. The maximum atomic E-state index is 12.6. The first-order valence-electron chi connectivity index (χ1n) is 8.02. The van der Waals surface area contributed by atoms with Crippen LogP contribution in [0.5, 0.6) is 0 Å². The Morgan fingerprint density at radius 3 is 2.35 bits per heavy atom. The van der Waals surface area contributed by atoms with E-state index < -0.39 is 5.54 Å². The molecule has 4 nitrogen and oxygen atoms in total. The van der Waals surface area contributed by atoms with Crippen LogP contribution in [0.3, 0.4) is 0 Å². The van der Waals surface area contributed by atoms with E-state index in [0.29, 0.717) is 18.6 Å². The summed E-state index contributed by atoms with van der Waals surface area (Å²) < 4.78 is 5.40.